The van der Waals surface area contributed by atoms with Crippen LogP contribution in [0.15, 0.2) is 42.5 Å². The second-order valence-electron chi connectivity index (χ2n) is 4.07. The number of benzene rings is 1. The van der Waals surface area contributed by atoms with Crippen molar-refractivity contribution >= 4 is 11.7 Å². The van der Waals surface area contributed by atoms with Gasteiger partial charge in [-0.2, -0.15) is 0 Å². The number of para-hydroxylation sites is 1. The fourth-order valence-corrected chi connectivity index (χ4v) is 1.65. The Morgan fingerprint density at radius 3 is 2.70 bits per heavy atom. The highest BCUT2D eigenvalue weighted by molar-refractivity contribution is 5.81. The van der Waals surface area contributed by atoms with Gasteiger partial charge >= 0.3 is 5.97 Å². The van der Waals surface area contributed by atoms with E-state index in [4.69, 9.17) is 9.84 Å². The average molecular weight is 279 g/mol. The van der Waals surface area contributed by atoms with Crippen LogP contribution in [-0.2, 0) is 14.3 Å². The van der Waals surface area contributed by atoms with E-state index >= 15 is 0 Å². The van der Waals surface area contributed by atoms with Crippen molar-refractivity contribution in [2.75, 3.05) is 31.7 Å². The van der Waals surface area contributed by atoms with Gasteiger partial charge in [-0.05, 0) is 25.1 Å². The molecule has 1 rings (SSSR count). The summed E-state index contributed by atoms with van der Waals surface area (Å²) in [4.78, 5) is 13.5. The molecule has 5 heteroatoms. The normalized spacial score (nSPS) is 12.3. The van der Waals surface area contributed by atoms with E-state index in [9.17, 15) is 4.79 Å². The Balaban J connectivity index is 2.35. The number of likely N-dealkylation sites (N-methyl/N-ethyl adjacent to an activating group) is 1. The van der Waals surface area contributed by atoms with Gasteiger partial charge in [-0.3, -0.25) is 0 Å². The van der Waals surface area contributed by atoms with Crippen LogP contribution in [0, 0.1) is 0 Å². The van der Waals surface area contributed by atoms with Crippen molar-refractivity contribution in [1.29, 1.82) is 0 Å². The Labute approximate surface area is 119 Å². The van der Waals surface area contributed by atoms with E-state index in [1.54, 1.807) is 0 Å². The molecule has 1 aromatic rings. The summed E-state index contributed by atoms with van der Waals surface area (Å²) >= 11 is 0. The lowest BCUT2D eigenvalue weighted by Crippen LogP contribution is -2.27. The first kappa shape index (κ1) is 16.2. The summed E-state index contributed by atoms with van der Waals surface area (Å²) in [7, 11) is 1.35. The summed E-state index contributed by atoms with van der Waals surface area (Å²) < 4.78 is 9.63. The van der Waals surface area contributed by atoms with Crippen LogP contribution >= 0.6 is 0 Å². The molecule has 1 N–H and O–H groups in total. The molecule has 0 bridgehead atoms. The molecule has 0 aliphatic rings. The molecule has 1 aromatic carbocycles. The molecule has 0 fully saturated rings. The standard InChI is InChI=1S/C15H21NO4/c1-3-16(13-7-5-4-6-8-13)11-12-20-15(18)10-9-14(17)19-2/h4-10,14,17H,3,11-12H2,1-2H3/b10-9+. The Kier molecular flexibility index (Phi) is 7.39. The van der Waals surface area contributed by atoms with Crippen LogP contribution in [-0.4, -0.2) is 44.2 Å². The lowest BCUT2D eigenvalue weighted by Gasteiger charge is -2.22. The topological polar surface area (TPSA) is 59.0 Å². The van der Waals surface area contributed by atoms with Gasteiger partial charge in [0.1, 0.15) is 6.61 Å². The molecule has 0 aliphatic heterocycles. The Hall–Kier alpha value is -1.85. The number of rotatable bonds is 8. The number of esters is 1. The van der Waals surface area contributed by atoms with Gasteiger partial charge in [0.15, 0.2) is 6.29 Å². The number of aliphatic hydroxyl groups is 1. The van der Waals surface area contributed by atoms with E-state index in [1.807, 2.05) is 37.3 Å². The van der Waals surface area contributed by atoms with E-state index in [0.29, 0.717) is 6.54 Å². The molecule has 1 unspecified atom stereocenters. The molecule has 110 valence electrons. The number of anilines is 1. The number of carbonyl (C=O) groups excluding carboxylic acids is 1. The van der Waals surface area contributed by atoms with Gasteiger partial charge in [0.2, 0.25) is 0 Å². The van der Waals surface area contributed by atoms with Crippen molar-refractivity contribution in [2.24, 2.45) is 0 Å². The number of hydrogen-bond acceptors (Lipinski definition) is 5. The van der Waals surface area contributed by atoms with Crippen molar-refractivity contribution in [3.8, 4) is 0 Å². The summed E-state index contributed by atoms with van der Waals surface area (Å²) in [5.41, 5.74) is 1.09. The van der Waals surface area contributed by atoms with Gasteiger partial charge in [0.25, 0.3) is 0 Å². The van der Waals surface area contributed by atoms with E-state index in [2.05, 4.69) is 9.64 Å². The molecule has 0 saturated heterocycles. The van der Waals surface area contributed by atoms with Crippen LogP contribution in [0.5, 0.6) is 0 Å². The number of carbonyl (C=O) groups is 1. The highest BCUT2D eigenvalue weighted by Gasteiger charge is 2.05. The second kappa shape index (κ2) is 9.12. The predicted octanol–water partition coefficient (Wildman–Crippen LogP) is 1.58. The van der Waals surface area contributed by atoms with E-state index < -0.39 is 12.3 Å². The maximum atomic E-state index is 11.4. The molecule has 20 heavy (non-hydrogen) atoms. The number of hydrogen-bond donors (Lipinski definition) is 1. The molecule has 0 aliphatic carbocycles. The highest BCUT2D eigenvalue weighted by atomic mass is 16.6. The van der Waals surface area contributed by atoms with Gasteiger partial charge in [-0.1, -0.05) is 18.2 Å². The van der Waals surface area contributed by atoms with E-state index in [-0.39, 0.29) is 6.61 Å². The van der Waals surface area contributed by atoms with Crippen LogP contribution < -0.4 is 4.90 Å². The molecule has 0 saturated carbocycles. The van der Waals surface area contributed by atoms with Crippen molar-refractivity contribution < 1.29 is 19.4 Å². The van der Waals surface area contributed by atoms with Gasteiger partial charge in [-0.25, -0.2) is 4.79 Å². The fraction of sp³-hybridized carbons (Fsp3) is 0.400. The van der Waals surface area contributed by atoms with E-state index in [1.165, 1.54) is 13.2 Å². The van der Waals surface area contributed by atoms with Crippen molar-refractivity contribution in [3.05, 3.63) is 42.5 Å². The molecular weight excluding hydrogens is 258 g/mol. The lowest BCUT2D eigenvalue weighted by atomic mass is 10.3. The third kappa shape index (κ3) is 5.86. The smallest absolute Gasteiger partial charge is 0.330 e. The number of nitrogens with zero attached hydrogens (tertiary/aromatic N) is 1. The van der Waals surface area contributed by atoms with Gasteiger partial charge in [-0.15, -0.1) is 0 Å². The minimum atomic E-state index is -1.08. The van der Waals surface area contributed by atoms with Crippen LogP contribution in [0.3, 0.4) is 0 Å². The first-order valence-corrected chi connectivity index (χ1v) is 6.53. The monoisotopic (exact) mass is 279 g/mol. The van der Waals surface area contributed by atoms with E-state index in [0.717, 1.165) is 18.3 Å². The Bertz CT molecular complexity index is 419. The molecule has 0 heterocycles. The Morgan fingerprint density at radius 1 is 1.40 bits per heavy atom. The number of methoxy groups -OCH3 is 1. The van der Waals surface area contributed by atoms with Crippen molar-refractivity contribution in [3.63, 3.8) is 0 Å². The molecule has 0 radical (unpaired) electrons. The first-order valence-electron chi connectivity index (χ1n) is 6.53. The highest BCUT2D eigenvalue weighted by Crippen LogP contribution is 2.12. The largest absolute Gasteiger partial charge is 0.461 e. The first-order chi connectivity index (χ1) is 9.67. The van der Waals surface area contributed by atoms with Crippen LogP contribution in [0.25, 0.3) is 0 Å². The van der Waals surface area contributed by atoms with Crippen LogP contribution in [0.4, 0.5) is 5.69 Å². The third-order valence-electron chi connectivity index (χ3n) is 2.75. The van der Waals surface area contributed by atoms with Gasteiger partial charge in [0.05, 0.1) is 6.54 Å². The molecule has 1 atom stereocenters. The van der Waals surface area contributed by atoms with Crippen LogP contribution in [0.1, 0.15) is 6.92 Å². The maximum absolute atomic E-state index is 11.4. The molecule has 0 spiro atoms. The molecule has 0 amide bonds. The summed E-state index contributed by atoms with van der Waals surface area (Å²) in [6.45, 7) is 3.78. The zero-order chi connectivity index (χ0) is 14.8. The summed E-state index contributed by atoms with van der Waals surface area (Å²) in [6, 6.07) is 9.93. The SMILES string of the molecule is CCN(CCOC(=O)/C=C/C(O)OC)c1ccccc1. The zero-order valence-electron chi connectivity index (χ0n) is 11.9. The summed E-state index contributed by atoms with van der Waals surface area (Å²) in [5, 5.41) is 9.08. The molecule has 0 aromatic heterocycles. The van der Waals surface area contributed by atoms with Crippen molar-refractivity contribution in [1.82, 2.24) is 0 Å². The fourth-order valence-electron chi connectivity index (χ4n) is 1.65. The minimum absolute atomic E-state index is 0.287. The minimum Gasteiger partial charge on any atom is -0.461 e. The second-order valence-corrected chi connectivity index (χ2v) is 4.07. The molecular formula is C15H21NO4. The summed E-state index contributed by atoms with van der Waals surface area (Å²) in [6.07, 6.45) is 1.31. The molecule has 5 nitrogen and oxygen atoms in total. The van der Waals surface area contributed by atoms with Crippen LogP contribution in [0.2, 0.25) is 0 Å². The Morgan fingerprint density at radius 2 is 2.10 bits per heavy atom. The maximum Gasteiger partial charge on any atom is 0.330 e. The summed E-state index contributed by atoms with van der Waals surface area (Å²) in [5.74, 6) is -0.495. The lowest BCUT2D eigenvalue weighted by molar-refractivity contribution is -0.137. The van der Waals surface area contributed by atoms with Gasteiger partial charge < -0.3 is 19.5 Å². The van der Waals surface area contributed by atoms with Gasteiger partial charge in [0, 0.05) is 25.4 Å². The zero-order valence-corrected chi connectivity index (χ0v) is 11.9. The number of ether oxygens (including phenoxy) is 2. The van der Waals surface area contributed by atoms with Crippen molar-refractivity contribution in [2.45, 2.75) is 13.2 Å². The number of aliphatic hydroxyl groups excluding tert-OH is 1. The average Bonchev–Trinajstić information content (AvgIpc) is 2.50. The predicted molar refractivity (Wildman–Crippen MR) is 77.4 cm³/mol. The quantitative estimate of drug-likeness (QED) is 0.445. The third-order valence-corrected chi connectivity index (χ3v) is 2.75.